The van der Waals surface area contributed by atoms with Gasteiger partial charge in [-0.15, -0.1) is 0 Å². The fourth-order valence-electron chi connectivity index (χ4n) is 7.35. The molecule has 3 heteroatoms. The van der Waals surface area contributed by atoms with E-state index >= 15 is 0 Å². The van der Waals surface area contributed by atoms with Crippen LogP contribution >= 0.6 is 0 Å². The maximum Gasteiger partial charge on any atom is 0.162 e. The minimum absolute atomic E-state index is 0.724. The van der Waals surface area contributed by atoms with Crippen molar-refractivity contribution in [3.63, 3.8) is 0 Å². The lowest BCUT2D eigenvalue weighted by atomic mass is 9.90. The Hall–Kier alpha value is -6.06. The van der Waals surface area contributed by atoms with Crippen molar-refractivity contribution in [3.8, 4) is 28.3 Å². The molecular formula is C42H25N3. The van der Waals surface area contributed by atoms with Gasteiger partial charge in [0.25, 0.3) is 0 Å². The van der Waals surface area contributed by atoms with Crippen LogP contribution in [0.4, 0.5) is 0 Å². The molecule has 0 aliphatic heterocycles. The molecule has 2 aromatic heterocycles. The molecule has 0 aliphatic carbocycles. The van der Waals surface area contributed by atoms with Gasteiger partial charge in [0.1, 0.15) is 5.82 Å². The van der Waals surface area contributed by atoms with E-state index in [4.69, 9.17) is 9.97 Å². The Morgan fingerprint density at radius 1 is 0.378 bits per heavy atom. The van der Waals surface area contributed by atoms with Crippen molar-refractivity contribution in [2.75, 3.05) is 0 Å². The molecule has 0 bridgehead atoms. The van der Waals surface area contributed by atoms with Crippen LogP contribution in [-0.4, -0.2) is 14.5 Å². The molecule has 0 saturated carbocycles. The van der Waals surface area contributed by atoms with E-state index in [-0.39, 0.29) is 0 Å². The molecule has 0 unspecified atom stereocenters. The molecule has 0 fully saturated rings. The molecule has 0 radical (unpaired) electrons. The maximum atomic E-state index is 5.33. The van der Waals surface area contributed by atoms with E-state index < -0.39 is 0 Å². The minimum Gasteiger partial charge on any atom is -0.293 e. The van der Waals surface area contributed by atoms with Gasteiger partial charge >= 0.3 is 0 Å². The molecule has 10 rings (SSSR count). The van der Waals surface area contributed by atoms with Crippen LogP contribution in [0.5, 0.6) is 0 Å². The van der Waals surface area contributed by atoms with E-state index in [9.17, 15) is 0 Å². The van der Waals surface area contributed by atoms with Gasteiger partial charge in [-0.3, -0.25) is 4.57 Å². The largest absolute Gasteiger partial charge is 0.293 e. The summed E-state index contributed by atoms with van der Waals surface area (Å²) in [4.78, 5) is 10.3. The molecule has 45 heavy (non-hydrogen) atoms. The van der Waals surface area contributed by atoms with Crippen molar-refractivity contribution in [2.24, 2.45) is 0 Å². The Morgan fingerprint density at radius 3 is 1.87 bits per heavy atom. The van der Waals surface area contributed by atoms with E-state index in [0.717, 1.165) is 39.1 Å². The van der Waals surface area contributed by atoms with E-state index in [1.54, 1.807) is 0 Å². The zero-order chi connectivity index (χ0) is 29.5. The Bertz CT molecular complexity index is 2740. The highest BCUT2D eigenvalue weighted by Gasteiger charge is 2.23. The van der Waals surface area contributed by atoms with Gasteiger partial charge in [-0.1, -0.05) is 121 Å². The average Bonchev–Trinajstić information content (AvgIpc) is 3.44. The number of para-hydroxylation sites is 1. The first-order valence-electron chi connectivity index (χ1n) is 15.4. The summed E-state index contributed by atoms with van der Waals surface area (Å²) < 4.78 is 2.38. The van der Waals surface area contributed by atoms with Crippen molar-refractivity contribution < 1.29 is 0 Å². The molecule has 10 aromatic rings. The van der Waals surface area contributed by atoms with Gasteiger partial charge < -0.3 is 0 Å². The van der Waals surface area contributed by atoms with Gasteiger partial charge in [0.15, 0.2) is 5.82 Å². The van der Waals surface area contributed by atoms with Crippen LogP contribution < -0.4 is 0 Å². The van der Waals surface area contributed by atoms with E-state index in [1.807, 2.05) is 18.2 Å². The van der Waals surface area contributed by atoms with Gasteiger partial charge in [0.2, 0.25) is 0 Å². The Kier molecular flexibility index (Phi) is 5.00. The highest BCUT2D eigenvalue weighted by molar-refractivity contribution is 6.39. The molecule has 0 N–H and O–H groups in total. The lowest BCUT2D eigenvalue weighted by molar-refractivity contribution is 1.08. The third kappa shape index (κ3) is 3.46. The Morgan fingerprint density at radius 2 is 1.04 bits per heavy atom. The van der Waals surface area contributed by atoms with Gasteiger partial charge in [0, 0.05) is 27.1 Å². The summed E-state index contributed by atoms with van der Waals surface area (Å²) in [6.07, 6.45) is 0. The van der Waals surface area contributed by atoms with E-state index in [0.29, 0.717) is 0 Å². The van der Waals surface area contributed by atoms with Crippen molar-refractivity contribution in [1.82, 2.24) is 14.5 Å². The first-order valence-corrected chi connectivity index (χ1v) is 15.4. The first kappa shape index (κ1) is 24.4. The number of rotatable bonds is 3. The quantitative estimate of drug-likeness (QED) is 0.198. The second kappa shape index (κ2) is 9.22. The highest BCUT2D eigenvalue weighted by Crippen LogP contribution is 2.47. The molecule has 208 valence electrons. The van der Waals surface area contributed by atoms with Crippen LogP contribution in [0, 0.1) is 0 Å². The van der Waals surface area contributed by atoms with Crippen molar-refractivity contribution in [1.29, 1.82) is 0 Å². The zero-order valence-corrected chi connectivity index (χ0v) is 24.3. The van der Waals surface area contributed by atoms with Crippen LogP contribution in [0.15, 0.2) is 152 Å². The van der Waals surface area contributed by atoms with Crippen molar-refractivity contribution in [3.05, 3.63) is 152 Å². The fraction of sp³-hybridized carbons (Fsp3) is 0. The predicted octanol–water partition coefficient (Wildman–Crippen LogP) is 11.0. The summed E-state index contributed by atoms with van der Waals surface area (Å²) in [6, 6.07) is 54.1. The molecule has 0 atom stereocenters. The Balaban J connectivity index is 1.42. The Labute approximate surface area is 259 Å². The number of fused-ring (bicyclic) bond motifs is 6. The van der Waals surface area contributed by atoms with E-state index in [2.05, 4.69) is 138 Å². The molecule has 0 aliphatic rings. The van der Waals surface area contributed by atoms with Crippen LogP contribution in [0.25, 0.3) is 93.4 Å². The average molecular weight is 572 g/mol. The van der Waals surface area contributed by atoms with E-state index in [1.165, 1.54) is 54.2 Å². The predicted molar refractivity (Wildman–Crippen MR) is 188 cm³/mol. The third-order valence-corrected chi connectivity index (χ3v) is 9.32. The maximum absolute atomic E-state index is 5.33. The number of hydrogen-bond donors (Lipinski definition) is 0. The monoisotopic (exact) mass is 571 g/mol. The normalized spacial score (nSPS) is 12.0. The fourth-order valence-corrected chi connectivity index (χ4v) is 7.35. The number of aromatic nitrogens is 3. The van der Waals surface area contributed by atoms with Crippen molar-refractivity contribution in [2.45, 2.75) is 0 Å². The molecule has 3 nitrogen and oxygen atoms in total. The number of nitrogens with zero attached hydrogens (tertiary/aromatic N) is 3. The lowest BCUT2D eigenvalue weighted by Gasteiger charge is -2.14. The smallest absolute Gasteiger partial charge is 0.162 e. The van der Waals surface area contributed by atoms with Gasteiger partial charge in [-0.05, 0) is 68.4 Å². The van der Waals surface area contributed by atoms with Crippen LogP contribution in [0.2, 0.25) is 0 Å². The van der Waals surface area contributed by atoms with Gasteiger partial charge in [-0.25, -0.2) is 9.97 Å². The molecule has 2 heterocycles. The standard InChI is InChI=1S/C42H25N3/c1-3-12-26(13-4-1)28-22-23-29-25-37-40-38(34(29)24-28)31-17-8-7-16-30(31)32-19-11-21-36(39(32)40)45(37)42-33-18-9-10-20-35(33)43-41(44-42)27-14-5-2-6-15-27/h1-25H. The number of hydrogen-bond acceptors (Lipinski definition) is 2. The summed E-state index contributed by atoms with van der Waals surface area (Å²) in [5, 5.41) is 11.2. The molecule has 8 aromatic carbocycles. The molecular weight excluding hydrogens is 546 g/mol. The van der Waals surface area contributed by atoms with Gasteiger partial charge in [0.05, 0.1) is 16.6 Å². The zero-order valence-electron chi connectivity index (χ0n) is 24.3. The van der Waals surface area contributed by atoms with Gasteiger partial charge in [-0.2, -0.15) is 0 Å². The molecule has 0 amide bonds. The first-order chi connectivity index (χ1) is 22.3. The third-order valence-electron chi connectivity index (χ3n) is 9.32. The molecule has 0 saturated heterocycles. The SMILES string of the molecule is c1ccc(-c2ccc3cc4c5c(c3c2)c2ccccc2c2cccc(c25)n4-c2nc(-c3ccccc3)nc3ccccc23)cc1. The van der Waals surface area contributed by atoms with Crippen LogP contribution in [0.1, 0.15) is 0 Å². The van der Waals surface area contributed by atoms with Crippen LogP contribution in [0.3, 0.4) is 0 Å². The summed E-state index contributed by atoms with van der Waals surface area (Å²) >= 11 is 0. The summed E-state index contributed by atoms with van der Waals surface area (Å²) in [5.74, 6) is 1.62. The summed E-state index contributed by atoms with van der Waals surface area (Å²) in [6.45, 7) is 0. The minimum atomic E-state index is 0.724. The topological polar surface area (TPSA) is 30.7 Å². The van der Waals surface area contributed by atoms with Crippen LogP contribution in [-0.2, 0) is 0 Å². The highest BCUT2D eigenvalue weighted by atomic mass is 15.1. The summed E-state index contributed by atoms with van der Waals surface area (Å²) in [7, 11) is 0. The summed E-state index contributed by atoms with van der Waals surface area (Å²) in [5.41, 5.74) is 6.69. The number of benzene rings is 8. The second-order valence-electron chi connectivity index (χ2n) is 11.8. The van der Waals surface area contributed by atoms with Crippen molar-refractivity contribution >= 4 is 65.0 Å². The lowest BCUT2D eigenvalue weighted by Crippen LogP contribution is -2.02. The second-order valence-corrected chi connectivity index (χ2v) is 11.8. The molecule has 0 spiro atoms.